The number of fused-ring (bicyclic) bond motifs is 1. The summed E-state index contributed by atoms with van der Waals surface area (Å²) in [5, 5.41) is 0. The highest BCUT2D eigenvalue weighted by Crippen LogP contribution is 2.40. The second-order valence-electron chi connectivity index (χ2n) is 3.17. The number of hydrogen-bond acceptors (Lipinski definition) is 2. The number of rotatable bonds is 2. The van der Waals surface area contributed by atoms with Gasteiger partial charge in [0.2, 0.25) is 0 Å². The van der Waals surface area contributed by atoms with Gasteiger partial charge in [0.25, 0.3) is 0 Å². The van der Waals surface area contributed by atoms with E-state index in [-0.39, 0.29) is 0 Å². The average Bonchev–Trinajstić information content (AvgIpc) is 2.07. The van der Waals surface area contributed by atoms with Crippen LogP contribution in [0.3, 0.4) is 0 Å². The lowest BCUT2D eigenvalue weighted by Gasteiger charge is -2.30. The first kappa shape index (κ1) is 7.62. The van der Waals surface area contributed by atoms with E-state index in [9.17, 15) is 0 Å². The molecule has 1 unspecified atom stereocenters. The summed E-state index contributed by atoms with van der Waals surface area (Å²) in [5.41, 5.74) is 8.33. The molecule has 12 heavy (non-hydrogen) atoms. The summed E-state index contributed by atoms with van der Waals surface area (Å²) in [6, 6.07) is 6.18. The van der Waals surface area contributed by atoms with Crippen LogP contribution >= 0.6 is 0 Å². The molecule has 0 saturated carbocycles. The molecule has 1 atom stereocenters. The van der Waals surface area contributed by atoms with Gasteiger partial charge in [0.1, 0.15) is 5.75 Å². The van der Waals surface area contributed by atoms with Crippen LogP contribution in [0, 0.1) is 0 Å². The minimum absolute atomic E-state index is 0.524. The molecule has 2 heteroatoms. The molecule has 0 radical (unpaired) electrons. The van der Waals surface area contributed by atoms with Crippen LogP contribution in [-0.4, -0.2) is 13.7 Å². The Morgan fingerprint density at radius 3 is 3.08 bits per heavy atom. The molecule has 2 N–H and O–H groups in total. The van der Waals surface area contributed by atoms with E-state index in [4.69, 9.17) is 10.5 Å². The molecule has 0 aromatic heterocycles. The molecule has 1 aliphatic rings. The molecule has 0 amide bonds. The van der Waals surface area contributed by atoms with Crippen LogP contribution in [0.25, 0.3) is 0 Å². The van der Waals surface area contributed by atoms with E-state index in [2.05, 4.69) is 6.07 Å². The van der Waals surface area contributed by atoms with Crippen LogP contribution in [-0.2, 0) is 6.42 Å². The minimum Gasteiger partial charge on any atom is -0.496 e. The smallest absolute Gasteiger partial charge is 0.122 e. The molecule has 2 nitrogen and oxygen atoms in total. The summed E-state index contributed by atoms with van der Waals surface area (Å²) in [5.74, 6) is 1.52. The molecule has 1 aromatic rings. The standard InChI is InChI=1S/C10H13NO/c1-12-9-4-2-3-7-5-8(6-11)10(7)9/h2-4,8H,5-6,11H2,1H3. The van der Waals surface area contributed by atoms with Crippen LogP contribution in [0.5, 0.6) is 5.75 Å². The summed E-state index contributed by atoms with van der Waals surface area (Å²) < 4.78 is 5.25. The number of ether oxygens (including phenoxy) is 1. The van der Waals surface area contributed by atoms with Crippen molar-refractivity contribution in [3.8, 4) is 5.75 Å². The van der Waals surface area contributed by atoms with Crippen molar-refractivity contribution in [2.75, 3.05) is 13.7 Å². The highest BCUT2D eigenvalue weighted by Gasteiger charge is 2.27. The molecule has 0 aliphatic heterocycles. The quantitative estimate of drug-likeness (QED) is 0.713. The predicted molar refractivity (Wildman–Crippen MR) is 48.5 cm³/mol. The summed E-state index contributed by atoms with van der Waals surface area (Å²) in [6.45, 7) is 0.730. The summed E-state index contributed by atoms with van der Waals surface area (Å²) in [7, 11) is 1.71. The fraction of sp³-hybridized carbons (Fsp3) is 0.400. The topological polar surface area (TPSA) is 35.2 Å². The van der Waals surface area contributed by atoms with Crippen LogP contribution < -0.4 is 10.5 Å². The highest BCUT2D eigenvalue weighted by molar-refractivity contribution is 5.50. The van der Waals surface area contributed by atoms with Crippen molar-refractivity contribution in [3.05, 3.63) is 29.3 Å². The van der Waals surface area contributed by atoms with Gasteiger partial charge in [-0.25, -0.2) is 0 Å². The fourth-order valence-electron chi connectivity index (χ4n) is 1.85. The number of benzene rings is 1. The van der Waals surface area contributed by atoms with Crippen LogP contribution in [0.2, 0.25) is 0 Å². The second kappa shape index (κ2) is 2.79. The summed E-state index contributed by atoms with van der Waals surface area (Å²) in [4.78, 5) is 0. The molecule has 0 bridgehead atoms. The van der Waals surface area contributed by atoms with Gasteiger partial charge in [0.05, 0.1) is 7.11 Å². The zero-order valence-electron chi connectivity index (χ0n) is 7.21. The molecular weight excluding hydrogens is 150 g/mol. The van der Waals surface area contributed by atoms with Crippen molar-refractivity contribution in [3.63, 3.8) is 0 Å². The van der Waals surface area contributed by atoms with E-state index in [1.54, 1.807) is 7.11 Å². The molecular formula is C10H13NO. The molecule has 0 spiro atoms. The Morgan fingerprint density at radius 2 is 2.42 bits per heavy atom. The van der Waals surface area contributed by atoms with Crippen LogP contribution in [0.4, 0.5) is 0 Å². The van der Waals surface area contributed by atoms with E-state index >= 15 is 0 Å². The van der Waals surface area contributed by atoms with Crippen molar-refractivity contribution >= 4 is 0 Å². The first-order valence-corrected chi connectivity index (χ1v) is 4.22. The maximum absolute atomic E-state index is 5.62. The number of hydrogen-bond donors (Lipinski definition) is 1. The Bertz CT molecular complexity index is 296. The van der Waals surface area contributed by atoms with Crippen molar-refractivity contribution in [1.29, 1.82) is 0 Å². The third kappa shape index (κ3) is 0.916. The first-order chi connectivity index (χ1) is 5.86. The van der Waals surface area contributed by atoms with Crippen molar-refractivity contribution in [1.82, 2.24) is 0 Å². The highest BCUT2D eigenvalue weighted by atomic mass is 16.5. The molecule has 1 aromatic carbocycles. The molecule has 0 fully saturated rings. The number of nitrogens with two attached hydrogens (primary N) is 1. The maximum Gasteiger partial charge on any atom is 0.122 e. The van der Waals surface area contributed by atoms with Gasteiger partial charge >= 0.3 is 0 Å². The van der Waals surface area contributed by atoms with Crippen molar-refractivity contribution in [2.45, 2.75) is 12.3 Å². The Labute approximate surface area is 72.3 Å². The lowest BCUT2D eigenvalue weighted by molar-refractivity contribution is 0.397. The zero-order valence-corrected chi connectivity index (χ0v) is 7.21. The number of methoxy groups -OCH3 is 1. The molecule has 1 aliphatic carbocycles. The fourth-order valence-corrected chi connectivity index (χ4v) is 1.85. The third-order valence-electron chi connectivity index (χ3n) is 2.54. The Hall–Kier alpha value is -1.02. The van der Waals surface area contributed by atoms with Gasteiger partial charge in [-0.15, -0.1) is 0 Å². The van der Waals surface area contributed by atoms with Gasteiger partial charge in [-0.2, -0.15) is 0 Å². The van der Waals surface area contributed by atoms with E-state index in [0.717, 1.165) is 18.7 Å². The Kier molecular flexibility index (Phi) is 1.77. The summed E-state index contributed by atoms with van der Waals surface area (Å²) in [6.07, 6.45) is 1.11. The monoisotopic (exact) mass is 163 g/mol. The van der Waals surface area contributed by atoms with Crippen molar-refractivity contribution in [2.24, 2.45) is 5.73 Å². The maximum atomic E-state index is 5.62. The molecule has 0 saturated heterocycles. The van der Waals surface area contributed by atoms with E-state index in [0.29, 0.717) is 5.92 Å². The lowest BCUT2D eigenvalue weighted by atomic mass is 9.77. The second-order valence-corrected chi connectivity index (χ2v) is 3.17. The Morgan fingerprint density at radius 1 is 1.58 bits per heavy atom. The van der Waals surface area contributed by atoms with E-state index in [1.807, 2.05) is 12.1 Å². The van der Waals surface area contributed by atoms with E-state index in [1.165, 1.54) is 11.1 Å². The molecule has 2 rings (SSSR count). The van der Waals surface area contributed by atoms with E-state index < -0.39 is 0 Å². The SMILES string of the molecule is COc1cccc2c1C(CN)C2. The van der Waals surface area contributed by atoms with Crippen LogP contribution in [0.1, 0.15) is 17.0 Å². The van der Waals surface area contributed by atoms with Crippen LogP contribution in [0.15, 0.2) is 18.2 Å². The van der Waals surface area contributed by atoms with Gasteiger partial charge in [0, 0.05) is 11.5 Å². The van der Waals surface area contributed by atoms with Gasteiger partial charge in [-0.1, -0.05) is 12.1 Å². The largest absolute Gasteiger partial charge is 0.496 e. The Balaban J connectivity index is 2.40. The summed E-state index contributed by atoms with van der Waals surface area (Å²) >= 11 is 0. The molecule has 0 heterocycles. The minimum atomic E-state index is 0.524. The van der Waals surface area contributed by atoms with Gasteiger partial charge < -0.3 is 10.5 Å². The normalized spacial score (nSPS) is 19.7. The lowest BCUT2D eigenvalue weighted by Crippen LogP contribution is -2.25. The van der Waals surface area contributed by atoms with Gasteiger partial charge in [-0.3, -0.25) is 0 Å². The van der Waals surface area contributed by atoms with Gasteiger partial charge in [0.15, 0.2) is 0 Å². The zero-order chi connectivity index (χ0) is 8.55. The first-order valence-electron chi connectivity index (χ1n) is 4.22. The average molecular weight is 163 g/mol. The van der Waals surface area contributed by atoms with Gasteiger partial charge in [-0.05, 0) is 24.6 Å². The predicted octanol–water partition coefficient (Wildman–Crippen LogP) is 1.29. The van der Waals surface area contributed by atoms with Crippen molar-refractivity contribution < 1.29 is 4.74 Å². The third-order valence-corrected chi connectivity index (χ3v) is 2.54. The molecule has 64 valence electrons.